The number of nitrogens with zero attached hydrogens (tertiary/aromatic N) is 1. The van der Waals surface area contributed by atoms with E-state index in [2.05, 4.69) is 35.4 Å². The van der Waals surface area contributed by atoms with Crippen molar-refractivity contribution in [1.82, 2.24) is 15.6 Å². The molecule has 2 N–H and O–H groups in total. The van der Waals surface area contributed by atoms with Gasteiger partial charge in [-0.25, -0.2) is 0 Å². The van der Waals surface area contributed by atoms with E-state index < -0.39 is 6.10 Å². The molecule has 0 bridgehead atoms. The lowest BCUT2D eigenvalue weighted by molar-refractivity contribution is -0.127. The number of hydrogen-bond acceptors (Lipinski definition) is 4. The summed E-state index contributed by atoms with van der Waals surface area (Å²) in [6, 6.07) is 4.08. The zero-order valence-electron chi connectivity index (χ0n) is 12.1. The smallest absolute Gasteiger partial charge is 0.261 e. The first-order chi connectivity index (χ1) is 9.52. The fourth-order valence-electron chi connectivity index (χ4n) is 1.43. The number of carbonyl (C=O) groups excluding carboxylic acids is 1. The summed E-state index contributed by atoms with van der Waals surface area (Å²) in [6.07, 6.45) is 6.08. The summed E-state index contributed by atoms with van der Waals surface area (Å²) in [4.78, 5) is 15.9. The van der Waals surface area contributed by atoms with Crippen LogP contribution in [-0.4, -0.2) is 29.6 Å². The SMILES string of the molecule is C#CCNC(=O)C(C)Oc1ccc(CNC(C)C)nc1. The van der Waals surface area contributed by atoms with Crippen LogP contribution in [0.1, 0.15) is 26.5 Å². The fraction of sp³-hybridized carbons (Fsp3) is 0.467. The first kappa shape index (κ1) is 16.0. The maximum Gasteiger partial charge on any atom is 0.261 e. The molecule has 1 rings (SSSR count). The summed E-state index contributed by atoms with van der Waals surface area (Å²) in [7, 11) is 0. The van der Waals surface area contributed by atoms with Gasteiger partial charge < -0.3 is 15.4 Å². The second kappa shape index (κ2) is 8.18. The van der Waals surface area contributed by atoms with E-state index in [4.69, 9.17) is 11.2 Å². The van der Waals surface area contributed by atoms with E-state index >= 15 is 0 Å². The lowest BCUT2D eigenvalue weighted by Crippen LogP contribution is -2.36. The molecule has 0 spiro atoms. The Balaban J connectivity index is 2.48. The molecule has 1 aromatic rings. The Kier molecular flexibility index (Phi) is 6.54. The van der Waals surface area contributed by atoms with E-state index in [0.717, 1.165) is 5.69 Å². The first-order valence-electron chi connectivity index (χ1n) is 6.59. The summed E-state index contributed by atoms with van der Waals surface area (Å²) in [5.74, 6) is 2.66. The third-order valence-corrected chi connectivity index (χ3v) is 2.54. The van der Waals surface area contributed by atoms with E-state index in [0.29, 0.717) is 18.3 Å². The number of rotatable bonds is 7. The molecule has 1 unspecified atom stereocenters. The molecule has 0 radical (unpaired) electrons. The molecular formula is C15H21N3O2. The van der Waals surface area contributed by atoms with Crippen molar-refractivity contribution in [3.05, 3.63) is 24.0 Å². The van der Waals surface area contributed by atoms with Crippen LogP contribution in [0.15, 0.2) is 18.3 Å². The standard InChI is InChI=1S/C15H21N3O2/c1-5-8-16-15(19)12(4)20-14-7-6-13(18-10-14)9-17-11(2)3/h1,6-7,10-12,17H,8-9H2,2-4H3,(H,16,19). The molecule has 0 fully saturated rings. The van der Waals surface area contributed by atoms with Crippen molar-refractivity contribution >= 4 is 5.91 Å². The van der Waals surface area contributed by atoms with Crippen molar-refractivity contribution in [2.75, 3.05) is 6.54 Å². The highest BCUT2D eigenvalue weighted by Gasteiger charge is 2.13. The van der Waals surface area contributed by atoms with Gasteiger partial charge in [-0.1, -0.05) is 19.8 Å². The first-order valence-corrected chi connectivity index (χ1v) is 6.59. The number of ether oxygens (including phenoxy) is 1. The van der Waals surface area contributed by atoms with E-state index in [1.165, 1.54) is 0 Å². The number of amides is 1. The monoisotopic (exact) mass is 275 g/mol. The minimum Gasteiger partial charge on any atom is -0.479 e. The molecule has 5 nitrogen and oxygen atoms in total. The molecule has 0 aromatic carbocycles. The highest BCUT2D eigenvalue weighted by Crippen LogP contribution is 2.11. The van der Waals surface area contributed by atoms with E-state index in [-0.39, 0.29) is 12.5 Å². The number of nitrogens with one attached hydrogen (secondary N) is 2. The topological polar surface area (TPSA) is 63.2 Å². The van der Waals surface area contributed by atoms with Crippen molar-refractivity contribution in [2.24, 2.45) is 0 Å². The Morgan fingerprint density at radius 3 is 2.75 bits per heavy atom. The predicted octanol–water partition coefficient (Wildman–Crippen LogP) is 1.10. The average Bonchev–Trinajstić information content (AvgIpc) is 2.43. The summed E-state index contributed by atoms with van der Waals surface area (Å²) in [5.41, 5.74) is 0.926. The molecule has 1 aromatic heterocycles. The molecule has 5 heteroatoms. The highest BCUT2D eigenvalue weighted by atomic mass is 16.5. The van der Waals surface area contributed by atoms with Crippen LogP contribution >= 0.6 is 0 Å². The van der Waals surface area contributed by atoms with Gasteiger partial charge in [0, 0.05) is 12.6 Å². The van der Waals surface area contributed by atoms with Gasteiger partial charge >= 0.3 is 0 Å². The fourth-order valence-corrected chi connectivity index (χ4v) is 1.43. The van der Waals surface area contributed by atoms with Gasteiger partial charge in [0.25, 0.3) is 5.91 Å². The summed E-state index contributed by atoms with van der Waals surface area (Å²) in [6.45, 7) is 6.72. The number of aromatic nitrogens is 1. The molecule has 1 heterocycles. The van der Waals surface area contributed by atoms with Crippen LogP contribution < -0.4 is 15.4 Å². The molecule has 0 aliphatic carbocycles. The van der Waals surface area contributed by atoms with Gasteiger partial charge in [-0.15, -0.1) is 6.42 Å². The number of hydrogen-bond donors (Lipinski definition) is 2. The maximum absolute atomic E-state index is 11.6. The Bertz CT molecular complexity index is 463. The molecule has 0 saturated heterocycles. The molecule has 0 aliphatic heterocycles. The van der Waals surface area contributed by atoms with Crippen molar-refractivity contribution in [1.29, 1.82) is 0 Å². The Morgan fingerprint density at radius 1 is 1.45 bits per heavy atom. The Labute approximate surface area is 120 Å². The van der Waals surface area contributed by atoms with Gasteiger partial charge in [0.1, 0.15) is 5.75 Å². The maximum atomic E-state index is 11.6. The van der Waals surface area contributed by atoms with Gasteiger partial charge in [-0.05, 0) is 19.1 Å². The largest absolute Gasteiger partial charge is 0.479 e. The molecule has 1 amide bonds. The Hall–Kier alpha value is -2.06. The quantitative estimate of drug-likeness (QED) is 0.731. The minimum absolute atomic E-state index is 0.199. The van der Waals surface area contributed by atoms with Crippen LogP contribution in [0.3, 0.4) is 0 Å². The zero-order valence-corrected chi connectivity index (χ0v) is 12.1. The van der Waals surface area contributed by atoms with Gasteiger partial charge in [0.2, 0.25) is 0 Å². The summed E-state index contributed by atoms with van der Waals surface area (Å²) in [5, 5.41) is 5.84. The molecule has 1 atom stereocenters. The van der Waals surface area contributed by atoms with Crippen LogP contribution in [0, 0.1) is 12.3 Å². The Morgan fingerprint density at radius 2 is 2.20 bits per heavy atom. The normalized spacial score (nSPS) is 11.8. The second-order valence-electron chi connectivity index (χ2n) is 4.70. The van der Waals surface area contributed by atoms with Gasteiger partial charge in [-0.2, -0.15) is 0 Å². The number of pyridine rings is 1. The zero-order chi connectivity index (χ0) is 15.0. The van der Waals surface area contributed by atoms with Crippen LogP contribution in [0.5, 0.6) is 5.75 Å². The molecular weight excluding hydrogens is 254 g/mol. The summed E-state index contributed by atoms with van der Waals surface area (Å²) >= 11 is 0. The van der Waals surface area contributed by atoms with Crippen LogP contribution in [0.25, 0.3) is 0 Å². The van der Waals surface area contributed by atoms with E-state index in [1.807, 2.05) is 6.07 Å². The predicted molar refractivity (Wildman–Crippen MR) is 78.1 cm³/mol. The van der Waals surface area contributed by atoms with Crippen molar-refractivity contribution in [3.63, 3.8) is 0 Å². The molecule has 20 heavy (non-hydrogen) atoms. The van der Waals surface area contributed by atoms with Crippen molar-refractivity contribution < 1.29 is 9.53 Å². The average molecular weight is 275 g/mol. The lowest BCUT2D eigenvalue weighted by Gasteiger charge is -2.14. The van der Waals surface area contributed by atoms with Crippen LogP contribution in [-0.2, 0) is 11.3 Å². The van der Waals surface area contributed by atoms with E-state index in [1.54, 1.807) is 19.2 Å². The van der Waals surface area contributed by atoms with Crippen molar-refractivity contribution in [2.45, 2.75) is 39.5 Å². The third kappa shape index (κ3) is 5.72. The second-order valence-corrected chi connectivity index (χ2v) is 4.70. The van der Waals surface area contributed by atoms with Crippen LogP contribution in [0.2, 0.25) is 0 Å². The lowest BCUT2D eigenvalue weighted by atomic mass is 10.3. The van der Waals surface area contributed by atoms with Gasteiger partial charge in [0.15, 0.2) is 6.10 Å². The minimum atomic E-state index is -0.607. The highest BCUT2D eigenvalue weighted by molar-refractivity contribution is 5.80. The number of carbonyl (C=O) groups is 1. The van der Waals surface area contributed by atoms with Crippen molar-refractivity contribution in [3.8, 4) is 18.1 Å². The van der Waals surface area contributed by atoms with E-state index in [9.17, 15) is 4.79 Å². The third-order valence-electron chi connectivity index (χ3n) is 2.54. The molecule has 108 valence electrons. The van der Waals surface area contributed by atoms with Crippen LogP contribution in [0.4, 0.5) is 0 Å². The molecule has 0 saturated carbocycles. The number of terminal acetylenes is 1. The molecule has 0 aliphatic rings. The van der Waals surface area contributed by atoms with Gasteiger partial charge in [-0.3, -0.25) is 9.78 Å². The summed E-state index contributed by atoms with van der Waals surface area (Å²) < 4.78 is 5.49. The van der Waals surface area contributed by atoms with Gasteiger partial charge in [0.05, 0.1) is 18.4 Å².